The average Bonchev–Trinajstić information content (AvgIpc) is 2.52. The van der Waals surface area contributed by atoms with Crippen LogP contribution >= 0.6 is 15.9 Å². The summed E-state index contributed by atoms with van der Waals surface area (Å²) in [5, 5.41) is 0. The molecule has 1 aromatic rings. The Bertz CT molecular complexity index is 586. The highest BCUT2D eigenvalue weighted by molar-refractivity contribution is 9.10. The van der Waals surface area contributed by atoms with Crippen LogP contribution < -0.4 is 0 Å². The van der Waals surface area contributed by atoms with Gasteiger partial charge in [0.2, 0.25) is 0 Å². The SMILES string of the molecule is CCOC(=O)C(/C=N/c1ccc(F)c(Br)c1)(CC)C(=O)OCC. The van der Waals surface area contributed by atoms with Crippen LogP contribution in [0, 0.1) is 11.2 Å². The van der Waals surface area contributed by atoms with Crippen LogP contribution in [0.1, 0.15) is 27.2 Å². The first-order valence-electron chi connectivity index (χ1n) is 7.26. The fourth-order valence-electron chi connectivity index (χ4n) is 1.84. The maximum atomic E-state index is 13.2. The van der Waals surface area contributed by atoms with Gasteiger partial charge in [-0.25, -0.2) is 4.39 Å². The predicted octanol–water partition coefficient (Wildman–Crippen LogP) is 3.81. The lowest BCUT2D eigenvalue weighted by Crippen LogP contribution is -2.43. The van der Waals surface area contributed by atoms with E-state index in [4.69, 9.17) is 9.47 Å². The first-order chi connectivity index (χ1) is 10.9. The van der Waals surface area contributed by atoms with E-state index in [9.17, 15) is 14.0 Å². The molecule has 0 spiro atoms. The predicted molar refractivity (Wildman–Crippen MR) is 88.2 cm³/mol. The highest BCUT2D eigenvalue weighted by Crippen LogP contribution is 2.27. The molecule has 126 valence electrons. The number of hydrogen-bond acceptors (Lipinski definition) is 5. The van der Waals surface area contributed by atoms with Gasteiger partial charge in [0.1, 0.15) is 5.82 Å². The Balaban J connectivity index is 3.22. The molecular weight excluding hydrogens is 369 g/mol. The van der Waals surface area contributed by atoms with Crippen molar-refractivity contribution >= 4 is 39.8 Å². The summed E-state index contributed by atoms with van der Waals surface area (Å²) in [6, 6.07) is 4.12. The van der Waals surface area contributed by atoms with Crippen molar-refractivity contribution in [3.05, 3.63) is 28.5 Å². The van der Waals surface area contributed by atoms with Gasteiger partial charge in [0.15, 0.2) is 5.41 Å². The van der Waals surface area contributed by atoms with Crippen LogP contribution in [-0.4, -0.2) is 31.4 Å². The van der Waals surface area contributed by atoms with Gasteiger partial charge in [0, 0.05) is 6.21 Å². The Morgan fingerprint density at radius 3 is 2.22 bits per heavy atom. The van der Waals surface area contributed by atoms with Crippen molar-refractivity contribution in [1.29, 1.82) is 0 Å². The van der Waals surface area contributed by atoms with E-state index in [1.54, 1.807) is 20.8 Å². The van der Waals surface area contributed by atoms with Crippen LogP contribution in [0.3, 0.4) is 0 Å². The monoisotopic (exact) mass is 387 g/mol. The summed E-state index contributed by atoms with van der Waals surface area (Å²) < 4.78 is 23.5. The van der Waals surface area contributed by atoms with E-state index in [-0.39, 0.29) is 24.1 Å². The van der Waals surface area contributed by atoms with E-state index >= 15 is 0 Å². The molecule has 0 aliphatic heterocycles. The van der Waals surface area contributed by atoms with Crippen molar-refractivity contribution in [2.24, 2.45) is 10.4 Å². The molecule has 7 heteroatoms. The summed E-state index contributed by atoms with van der Waals surface area (Å²) in [6.07, 6.45) is 1.35. The number of hydrogen-bond donors (Lipinski definition) is 0. The minimum atomic E-state index is -1.62. The van der Waals surface area contributed by atoms with Gasteiger partial charge in [-0.1, -0.05) is 6.92 Å². The van der Waals surface area contributed by atoms with Crippen molar-refractivity contribution in [2.75, 3.05) is 13.2 Å². The summed E-state index contributed by atoms with van der Waals surface area (Å²) in [5.74, 6) is -1.86. The van der Waals surface area contributed by atoms with Crippen LogP contribution in [0.5, 0.6) is 0 Å². The lowest BCUT2D eigenvalue weighted by Gasteiger charge is -2.23. The van der Waals surface area contributed by atoms with Crippen LogP contribution in [0.15, 0.2) is 27.7 Å². The molecule has 0 saturated carbocycles. The molecule has 1 rings (SSSR count). The second kappa shape index (κ2) is 8.76. The number of carbonyl (C=O) groups is 2. The summed E-state index contributed by atoms with van der Waals surface area (Å²) in [4.78, 5) is 28.7. The summed E-state index contributed by atoms with van der Waals surface area (Å²) in [7, 11) is 0. The fraction of sp³-hybridized carbons (Fsp3) is 0.438. The van der Waals surface area contributed by atoms with E-state index in [0.717, 1.165) is 0 Å². The third-order valence-corrected chi connectivity index (χ3v) is 3.78. The quantitative estimate of drug-likeness (QED) is 0.405. The molecule has 0 amide bonds. The highest BCUT2D eigenvalue weighted by Gasteiger charge is 2.46. The summed E-state index contributed by atoms with van der Waals surface area (Å²) >= 11 is 3.06. The standard InChI is InChI=1S/C16H19BrFNO4/c1-4-16(14(20)22-5-2,15(21)23-6-3)10-19-11-7-8-13(18)12(17)9-11/h7-10H,4-6H2,1-3H3/b19-10+. The maximum Gasteiger partial charge on any atom is 0.329 e. The average molecular weight is 388 g/mol. The first kappa shape index (κ1) is 19.3. The Morgan fingerprint density at radius 2 is 1.78 bits per heavy atom. The van der Waals surface area contributed by atoms with Crippen LogP contribution in [0.2, 0.25) is 0 Å². The van der Waals surface area contributed by atoms with Gasteiger partial charge < -0.3 is 9.47 Å². The second-order valence-electron chi connectivity index (χ2n) is 4.62. The molecule has 0 aliphatic rings. The lowest BCUT2D eigenvalue weighted by atomic mass is 9.86. The van der Waals surface area contributed by atoms with E-state index < -0.39 is 23.2 Å². The molecule has 0 bridgehead atoms. The van der Waals surface area contributed by atoms with Crippen LogP contribution in [0.4, 0.5) is 10.1 Å². The Morgan fingerprint density at radius 1 is 1.22 bits per heavy atom. The molecule has 0 unspecified atom stereocenters. The number of nitrogens with zero attached hydrogens (tertiary/aromatic N) is 1. The molecule has 0 fully saturated rings. The van der Waals surface area contributed by atoms with Crippen molar-refractivity contribution in [1.82, 2.24) is 0 Å². The summed E-state index contributed by atoms with van der Waals surface area (Å²) in [5.41, 5.74) is -1.22. The van der Waals surface area contributed by atoms with E-state index in [1.807, 2.05) is 0 Å². The zero-order valence-corrected chi connectivity index (χ0v) is 14.9. The third kappa shape index (κ3) is 4.60. The molecule has 0 aromatic heterocycles. The Labute approximate surface area is 143 Å². The summed E-state index contributed by atoms with van der Waals surface area (Å²) in [6.45, 7) is 5.24. The number of carbonyl (C=O) groups excluding carboxylic acids is 2. The molecule has 0 radical (unpaired) electrons. The van der Waals surface area contributed by atoms with Gasteiger partial charge in [-0.3, -0.25) is 14.6 Å². The zero-order chi connectivity index (χ0) is 17.5. The smallest absolute Gasteiger partial charge is 0.329 e. The van der Waals surface area contributed by atoms with Gasteiger partial charge in [0.25, 0.3) is 0 Å². The van der Waals surface area contributed by atoms with E-state index in [2.05, 4.69) is 20.9 Å². The van der Waals surface area contributed by atoms with E-state index in [1.165, 1.54) is 24.4 Å². The van der Waals surface area contributed by atoms with Crippen molar-refractivity contribution in [3.8, 4) is 0 Å². The van der Waals surface area contributed by atoms with Gasteiger partial charge in [-0.15, -0.1) is 0 Å². The second-order valence-corrected chi connectivity index (χ2v) is 5.48. The topological polar surface area (TPSA) is 65.0 Å². The molecular formula is C16H19BrFNO4. The van der Waals surface area contributed by atoms with Crippen LogP contribution in [0.25, 0.3) is 0 Å². The minimum Gasteiger partial charge on any atom is -0.465 e. The molecule has 0 atom stereocenters. The van der Waals surface area contributed by atoms with Gasteiger partial charge >= 0.3 is 11.9 Å². The lowest BCUT2D eigenvalue weighted by molar-refractivity contribution is -0.166. The first-order valence-corrected chi connectivity index (χ1v) is 8.05. The molecule has 0 saturated heterocycles. The number of esters is 2. The minimum absolute atomic E-state index is 0.135. The van der Waals surface area contributed by atoms with Crippen LogP contribution in [-0.2, 0) is 19.1 Å². The normalized spacial score (nSPS) is 11.5. The Kier molecular flexibility index (Phi) is 7.35. The number of halogens is 2. The van der Waals surface area contributed by atoms with Gasteiger partial charge in [0.05, 0.1) is 23.4 Å². The number of aliphatic imine (C=N–C) groups is 1. The number of ether oxygens (including phenoxy) is 2. The molecule has 1 aromatic carbocycles. The maximum absolute atomic E-state index is 13.2. The third-order valence-electron chi connectivity index (χ3n) is 3.17. The van der Waals surface area contributed by atoms with Crippen molar-refractivity contribution in [2.45, 2.75) is 27.2 Å². The number of benzene rings is 1. The molecule has 0 N–H and O–H groups in total. The van der Waals surface area contributed by atoms with E-state index in [0.29, 0.717) is 5.69 Å². The van der Waals surface area contributed by atoms with Gasteiger partial charge in [-0.05, 0) is 54.4 Å². The molecule has 23 heavy (non-hydrogen) atoms. The molecule has 5 nitrogen and oxygen atoms in total. The van der Waals surface area contributed by atoms with Gasteiger partial charge in [-0.2, -0.15) is 0 Å². The van der Waals surface area contributed by atoms with Crippen molar-refractivity contribution in [3.63, 3.8) is 0 Å². The molecule has 0 aliphatic carbocycles. The number of rotatable bonds is 7. The molecule has 0 heterocycles. The van der Waals surface area contributed by atoms with Crippen molar-refractivity contribution < 1.29 is 23.5 Å². The highest BCUT2D eigenvalue weighted by atomic mass is 79.9. The largest absolute Gasteiger partial charge is 0.465 e. The zero-order valence-electron chi connectivity index (χ0n) is 13.3. The Hall–Kier alpha value is -1.76. The fourth-order valence-corrected chi connectivity index (χ4v) is 2.21.